The molecule has 2 N–H and O–H groups in total. The molecule has 80 valence electrons. The number of hydrogen-bond acceptors (Lipinski definition) is 2. The van der Waals surface area contributed by atoms with Gasteiger partial charge < -0.3 is 5.73 Å². The lowest BCUT2D eigenvalue weighted by atomic mass is 10.0. The topological polar surface area (TPSA) is 43.1 Å². The minimum absolute atomic E-state index is 0.520. The van der Waals surface area contributed by atoms with Crippen LogP contribution in [0.2, 0.25) is 0 Å². The first kappa shape index (κ1) is 11.1. The molecule has 2 aromatic carbocycles. The van der Waals surface area contributed by atoms with Crippen LogP contribution in [0.1, 0.15) is 10.4 Å². The minimum atomic E-state index is 0.520. The Morgan fingerprint density at radius 3 is 2.44 bits per heavy atom. The molecule has 0 bridgehead atoms. The zero-order valence-electron chi connectivity index (χ0n) is 8.48. The molecule has 0 saturated carbocycles. The summed E-state index contributed by atoms with van der Waals surface area (Å²) in [5.74, 6) is 0. The van der Waals surface area contributed by atoms with Gasteiger partial charge in [0.05, 0.1) is 0 Å². The quantitative estimate of drug-likeness (QED) is 0.523. The number of anilines is 1. The molecule has 0 heterocycles. The van der Waals surface area contributed by atoms with Gasteiger partial charge >= 0.3 is 0 Å². The van der Waals surface area contributed by atoms with Crippen molar-refractivity contribution in [3.8, 4) is 11.1 Å². The lowest BCUT2D eigenvalue weighted by molar-refractivity contribution is 0.112. The van der Waals surface area contributed by atoms with Crippen LogP contribution in [0.3, 0.4) is 0 Å². The summed E-state index contributed by atoms with van der Waals surface area (Å²) in [6.07, 6.45) is 0.772. The Hall–Kier alpha value is -1.36. The predicted molar refractivity (Wildman–Crippen MR) is 74.4 cm³/mol. The van der Waals surface area contributed by atoms with Crippen molar-refractivity contribution in [1.82, 2.24) is 0 Å². The van der Waals surface area contributed by atoms with E-state index in [2.05, 4.69) is 28.7 Å². The van der Waals surface area contributed by atoms with Crippen molar-refractivity contribution in [2.45, 2.75) is 0 Å². The SMILES string of the molecule is Nc1cc(-c2cccc(I)c2)ccc1C=O. The number of carbonyl (C=O) groups is 1. The fraction of sp³-hybridized carbons (Fsp3) is 0. The highest BCUT2D eigenvalue weighted by Crippen LogP contribution is 2.24. The highest BCUT2D eigenvalue weighted by molar-refractivity contribution is 14.1. The van der Waals surface area contributed by atoms with Crippen LogP contribution >= 0.6 is 22.6 Å². The monoisotopic (exact) mass is 323 g/mol. The van der Waals surface area contributed by atoms with Gasteiger partial charge in [0.1, 0.15) is 0 Å². The van der Waals surface area contributed by atoms with E-state index in [-0.39, 0.29) is 0 Å². The number of rotatable bonds is 2. The summed E-state index contributed by atoms with van der Waals surface area (Å²) >= 11 is 2.27. The van der Waals surface area contributed by atoms with E-state index in [4.69, 9.17) is 5.73 Å². The van der Waals surface area contributed by atoms with Gasteiger partial charge in [-0.2, -0.15) is 0 Å². The summed E-state index contributed by atoms with van der Waals surface area (Å²) < 4.78 is 1.17. The maximum atomic E-state index is 10.6. The lowest BCUT2D eigenvalue weighted by Gasteiger charge is -2.05. The van der Waals surface area contributed by atoms with Crippen molar-refractivity contribution in [1.29, 1.82) is 0 Å². The first-order valence-electron chi connectivity index (χ1n) is 4.81. The molecule has 16 heavy (non-hydrogen) atoms. The number of halogens is 1. The average molecular weight is 323 g/mol. The standard InChI is InChI=1S/C13H10INO/c14-12-3-1-2-9(6-12)10-4-5-11(8-16)13(15)7-10/h1-8H,15H2. The van der Waals surface area contributed by atoms with Crippen molar-refractivity contribution in [2.24, 2.45) is 0 Å². The molecule has 0 radical (unpaired) electrons. The molecule has 0 saturated heterocycles. The van der Waals surface area contributed by atoms with Crippen LogP contribution in [0.25, 0.3) is 11.1 Å². The van der Waals surface area contributed by atoms with Gasteiger partial charge in [-0.05, 0) is 58.0 Å². The van der Waals surface area contributed by atoms with Crippen LogP contribution < -0.4 is 5.73 Å². The molecule has 0 aliphatic rings. The zero-order chi connectivity index (χ0) is 11.5. The Morgan fingerprint density at radius 2 is 1.81 bits per heavy atom. The number of carbonyl (C=O) groups excluding carboxylic acids is 1. The Labute approximate surface area is 108 Å². The number of hydrogen-bond donors (Lipinski definition) is 1. The first-order valence-corrected chi connectivity index (χ1v) is 5.89. The molecular weight excluding hydrogens is 313 g/mol. The van der Waals surface area contributed by atoms with Gasteiger partial charge in [-0.15, -0.1) is 0 Å². The van der Waals surface area contributed by atoms with E-state index >= 15 is 0 Å². The number of aldehydes is 1. The van der Waals surface area contributed by atoms with Gasteiger partial charge in [-0.1, -0.05) is 18.2 Å². The van der Waals surface area contributed by atoms with E-state index in [9.17, 15) is 4.79 Å². The molecule has 0 amide bonds. The van der Waals surface area contributed by atoms with Gasteiger partial charge in [-0.25, -0.2) is 0 Å². The van der Waals surface area contributed by atoms with E-state index < -0.39 is 0 Å². The van der Waals surface area contributed by atoms with Gasteiger partial charge in [0, 0.05) is 14.8 Å². The smallest absolute Gasteiger partial charge is 0.152 e. The fourth-order valence-corrected chi connectivity index (χ4v) is 2.07. The third-order valence-electron chi connectivity index (χ3n) is 2.37. The molecule has 2 rings (SSSR count). The second-order valence-electron chi connectivity index (χ2n) is 3.47. The molecule has 0 fully saturated rings. The molecule has 0 aliphatic carbocycles. The minimum Gasteiger partial charge on any atom is -0.398 e. The second-order valence-corrected chi connectivity index (χ2v) is 4.72. The van der Waals surface area contributed by atoms with E-state index in [1.165, 1.54) is 3.57 Å². The van der Waals surface area contributed by atoms with Crippen molar-refractivity contribution < 1.29 is 4.79 Å². The highest BCUT2D eigenvalue weighted by Gasteiger charge is 2.02. The van der Waals surface area contributed by atoms with Gasteiger partial charge in [0.2, 0.25) is 0 Å². The Balaban J connectivity index is 2.49. The molecule has 0 aromatic heterocycles. The highest BCUT2D eigenvalue weighted by atomic mass is 127. The second kappa shape index (κ2) is 4.65. The molecule has 0 atom stereocenters. The van der Waals surface area contributed by atoms with Gasteiger partial charge in [-0.3, -0.25) is 4.79 Å². The van der Waals surface area contributed by atoms with E-state index in [1.807, 2.05) is 30.3 Å². The maximum absolute atomic E-state index is 10.6. The number of nitrogens with two attached hydrogens (primary N) is 1. The molecule has 3 heteroatoms. The van der Waals surface area contributed by atoms with Crippen molar-refractivity contribution in [2.75, 3.05) is 5.73 Å². The van der Waals surface area contributed by atoms with E-state index in [1.54, 1.807) is 6.07 Å². The van der Waals surface area contributed by atoms with Crippen LogP contribution in [0.15, 0.2) is 42.5 Å². The summed E-state index contributed by atoms with van der Waals surface area (Å²) in [5, 5.41) is 0. The van der Waals surface area contributed by atoms with Crippen molar-refractivity contribution >= 4 is 34.6 Å². The summed E-state index contributed by atoms with van der Waals surface area (Å²) in [6, 6.07) is 13.6. The Morgan fingerprint density at radius 1 is 1.06 bits per heavy atom. The maximum Gasteiger partial charge on any atom is 0.152 e. The third-order valence-corrected chi connectivity index (χ3v) is 3.04. The number of nitrogen functional groups attached to an aromatic ring is 1. The van der Waals surface area contributed by atoms with Crippen molar-refractivity contribution in [3.05, 3.63) is 51.6 Å². The van der Waals surface area contributed by atoms with E-state index in [0.717, 1.165) is 17.4 Å². The summed E-state index contributed by atoms with van der Waals surface area (Å²) in [7, 11) is 0. The van der Waals surface area contributed by atoms with Crippen LogP contribution in [-0.2, 0) is 0 Å². The van der Waals surface area contributed by atoms with Crippen LogP contribution in [0, 0.1) is 3.57 Å². The molecule has 0 aliphatic heterocycles. The summed E-state index contributed by atoms with van der Waals surface area (Å²) in [5.41, 5.74) is 8.97. The molecule has 0 spiro atoms. The van der Waals surface area contributed by atoms with Gasteiger partial charge in [0.15, 0.2) is 6.29 Å². The summed E-state index contributed by atoms with van der Waals surface area (Å²) in [6.45, 7) is 0. The molecular formula is C13H10INO. The largest absolute Gasteiger partial charge is 0.398 e. The summed E-state index contributed by atoms with van der Waals surface area (Å²) in [4.78, 5) is 10.6. The number of benzene rings is 2. The first-order chi connectivity index (χ1) is 7.70. The third kappa shape index (κ3) is 2.24. The van der Waals surface area contributed by atoms with Crippen LogP contribution in [0.5, 0.6) is 0 Å². The molecule has 2 aromatic rings. The van der Waals surface area contributed by atoms with Crippen LogP contribution in [-0.4, -0.2) is 6.29 Å². The predicted octanol–water partition coefficient (Wildman–Crippen LogP) is 3.35. The fourth-order valence-electron chi connectivity index (χ4n) is 1.53. The molecule has 2 nitrogen and oxygen atoms in total. The Kier molecular flexibility index (Phi) is 3.24. The normalized spacial score (nSPS) is 10.1. The van der Waals surface area contributed by atoms with Crippen molar-refractivity contribution in [3.63, 3.8) is 0 Å². The van der Waals surface area contributed by atoms with Gasteiger partial charge in [0.25, 0.3) is 0 Å². The molecule has 0 unspecified atom stereocenters. The average Bonchev–Trinajstić information content (AvgIpc) is 2.29. The zero-order valence-corrected chi connectivity index (χ0v) is 10.6. The lowest BCUT2D eigenvalue weighted by Crippen LogP contribution is -1.93. The van der Waals surface area contributed by atoms with E-state index in [0.29, 0.717) is 11.3 Å². The Bertz CT molecular complexity index is 537. The van der Waals surface area contributed by atoms with Crippen LogP contribution in [0.4, 0.5) is 5.69 Å².